The average Bonchev–Trinajstić information content (AvgIpc) is 2.21. The van der Waals surface area contributed by atoms with Crippen LogP contribution >= 0.6 is 0 Å². The number of carbonyl (C=O) groups is 1. The van der Waals surface area contributed by atoms with Crippen molar-refractivity contribution in [1.29, 1.82) is 0 Å². The van der Waals surface area contributed by atoms with Gasteiger partial charge >= 0.3 is 5.97 Å². The number of rotatable bonds is 3. The van der Waals surface area contributed by atoms with Gasteiger partial charge in [-0.3, -0.25) is 0 Å². The summed E-state index contributed by atoms with van der Waals surface area (Å²) in [6.45, 7) is 0.962. The molecule has 0 amide bonds. The second-order valence-electron chi connectivity index (χ2n) is 2.90. The fourth-order valence-corrected chi connectivity index (χ4v) is 0.882. The number of ether oxygens (including phenoxy) is 1. The van der Waals surface area contributed by atoms with E-state index in [0.29, 0.717) is 0 Å². The van der Waals surface area contributed by atoms with Gasteiger partial charge in [-0.1, -0.05) is 0 Å². The molecule has 1 atom stereocenters. The second-order valence-corrected chi connectivity index (χ2v) is 2.90. The van der Waals surface area contributed by atoms with Crippen LogP contribution in [0.2, 0.25) is 0 Å². The van der Waals surface area contributed by atoms with Crippen molar-refractivity contribution in [3.8, 4) is 5.75 Å². The molecular weight excluding hydrogens is 232 g/mol. The lowest BCUT2D eigenvalue weighted by Gasteiger charge is -2.12. The molecule has 7 heteroatoms. The molecule has 1 rings (SSSR count). The lowest BCUT2D eigenvalue weighted by atomic mass is 10.3. The van der Waals surface area contributed by atoms with Crippen LogP contribution in [-0.2, 0) is 4.79 Å². The maximum atomic E-state index is 13.0. The van der Waals surface area contributed by atoms with E-state index in [4.69, 9.17) is 5.11 Å². The molecule has 16 heavy (non-hydrogen) atoms. The summed E-state index contributed by atoms with van der Waals surface area (Å²) < 4.78 is 55.5. The van der Waals surface area contributed by atoms with E-state index in [9.17, 15) is 22.4 Å². The zero-order valence-corrected chi connectivity index (χ0v) is 7.93. The zero-order valence-electron chi connectivity index (χ0n) is 7.93. The van der Waals surface area contributed by atoms with E-state index in [1.165, 1.54) is 0 Å². The summed E-state index contributed by atoms with van der Waals surface area (Å²) >= 11 is 0. The second kappa shape index (κ2) is 4.38. The van der Waals surface area contributed by atoms with E-state index < -0.39 is 41.1 Å². The van der Waals surface area contributed by atoms with Crippen LogP contribution in [0.5, 0.6) is 5.75 Å². The Hall–Kier alpha value is -1.79. The highest BCUT2D eigenvalue weighted by molar-refractivity contribution is 5.72. The quantitative estimate of drug-likeness (QED) is 0.647. The largest absolute Gasteiger partial charge is 0.479 e. The summed E-state index contributed by atoms with van der Waals surface area (Å²) in [7, 11) is 0. The molecule has 88 valence electrons. The van der Waals surface area contributed by atoms with Gasteiger partial charge in [-0.05, 0) is 6.92 Å². The Kier molecular flexibility index (Phi) is 3.36. The molecule has 0 aliphatic carbocycles. The van der Waals surface area contributed by atoms with Gasteiger partial charge in [0, 0.05) is 6.07 Å². The summed E-state index contributed by atoms with van der Waals surface area (Å²) in [6, 6.07) is 0.00294. The number of hydrogen-bond donors (Lipinski definition) is 1. The van der Waals surface area contributed by atoms with Gasteiger partial charge < -0.3 is 9.84 Å². The smallest absolute Gasteiger partial charge is 0.344 e. The molecule has 3 nitrogen and oxygen atoms in total. The first kappa shape index (κ1) is 12.3. The first-order valence-corrected chi connectivity index (χ1v) is 4.07. The van der Waals surface area contributed by atoms with Crippen LogP contribution in [-0.4, -0.2) is 17.2 Å². The van der Waals surface area contributed by atoms with E-state index in [1.54, 1.807) is 0 Å². The van der Waals surface area contributed by atoms with Gasteiger partial charge in [0.05, 0.1) is 0 Å². The summed E-state index contributed by atoms with van der Waals surface area (Å²) in [6.07, 6.45) is -1.63. The number of carboxylic acid groups (broad SMARTS) is 1. The molecule has 0 bridgehead atoms. The Morgan fingerprint density at radius 2 is 1.69 bits per heavy atom. The molecule has 0 aromatic heterocycles. The van der Waals surface area contributed by atoms with Gasteiger partial charge in [0.25, 0.3) is 0 Å². The van der Waals surface area contributed by atoms with Gasteiger partial charge in [0.2, 0.25) is 11.6 Å². The molecule has 0 radical (unpaired) electrons. The van der Waals surface area contributed by atoms with Gasteiger partial charge in [-0.15, -0.1) is 0 Å². The summed E-state index contributed by atoms with van der Waals surface area (Å²) in [5.74, 6) is -9.77. The Morgan fingerprint density at radius 1 is 1.25 bits per heavy atom. The molecule has 0 heterocycles. The number of carboxylic acids is 1. The van der Waals surface area contributed by atoms with E-state index in [-0.39, 0.29) is 6.07 Å². The van der Waals surface area contributed by atoms with E-state index in [2.05, 4.69) is 4.74 Å². The SMILES string of the molecule is CC(Oc1c(F)c(F)cc(F)c1F)C(=O)O. The molecule has 1 unspecified atom stereocenters. The summed E-state index contributed by atoms with van der Waals surface area (Å²) in [5, 5.41) is 8.41. The van der Waals surface area contributed by atoms with Gasteiger partial charge in [0.1, 0.15) is 0 Å². The number of aliphatic carboxylic acids is 1. The van der Waals surface area contributed by atoms with E-state index >= 15 is 0 Å². The highest BCUT2D eigenvalue weighted by atomic mass is 19.2. The third kappa shape index (κ3) is 2.23. The Morgan fingerprint density at radius 3 is 2.06 bits per heavy atom. The Balaban J connectivity index is 3.17. The molecular formula is C9H6F4O3. The van der Waals surface area contributed by atoms with E-state index in [1.807, 2.05) is 0 Å². The zero-order chi connectivity index (χ0) is 12.5. The van der Waals surface area contributed by atoms with E-state index in [0.717, 1.165) is 6.92 Å². The highest BCUT2D eigenvalue weighted by Crippen LogP contribution is 2.27. The minimum absolute atomic E-state index is 0.00294. The minimum atomic E-state index is -1.77. The maximum absolute atomic E-state index is 13.0. The van der Waals surface area contributed by atoms with Gasteiger partial charge in [0.15, 0.2) is 23.5 Å². The molecule has 1 aromatic rings. The standard InChI is InChI=1S/C9H6F4O3/c1-3(9(14)15)16-8-6(12)4(10)2-5(11)7(8)13/h2-3H,1H3,(H,14,15). The van der Waals surface area contributed by atoms with Crippen LogP contribution in [0.4, 0.5) is 17.6 Å². The van der Waals surface area contributed by atoms with Crippen LogP contribution in [0.15, 0.2) is 6.07 Å². The van der Waals surface area contributed by atoms with Gasteiger partial charge in [-0.25, -0.2) is 13.6 Å². The minimum Gasteiger partial charge on any atom is -0.479 e. The predicted molar refractivity (Wildman–Crippen MR) is 44.0 cm³/mol. The molecule has 0 fully saturated rings. The van der Waals surface area contributed by atoms with Crippen LogP contribution in [0.1, 0.15) is 6.92 Å². The summed E-state index contributed by atoms with van der Waals surface area (Å²) in [5.41, 5.74) is 0. The van der Waals surface area contributed by atoms with Crippen LogP contribution in [0, 0.1) is 23.3 Å². The molecule has 1 aromatic carbocycles. The Labute approximate surface area is 87.3 Å². The van der Waals surface area contributed by atoms with Crippen LogP contribution < -0.4 is 4.74 Å². The lowest BCUT2D eigenvalue weighted by molar-refractivity contribution is -0.144. The van der Waals surface area contributed by atoms with Crippen molar-refractivity contribution in [1.82, 2.24) is 0 Å². The first-order valence-electron chi connectivity index (χ1n) is 4.07. The number of halogens is 4. The molecule has 0 aliphatic rings. The topological polar surface area (TPSA) is 46.5 Å². The van der Waals surface area contributed by atoms with Crippen molar-refractivity contribution in [2.45, 2.75) is 13.0 Å². The first-order chi connectivity index (χ1) is 7.34. The monoisotopic (exact) mass is 238 g/mol. The molecule has 1 N–H and O–H groups in total. The van der Waals surface area contributed by atoms with Crippen molar-refractivity contribution in [3.63, 3.8) is 0 Å². The number of benzene rings is 1. The normalized spacial score (nSPS) is 12.3. The van der Waals surface area contributed by atoms with Crippen LogP contribution in [0.25, 0.3) is 0 Å². The van der Waals surface area contributed by atoms with Crippen molar-refractivity contribution < 1.29 is 32.2 Å². The number of hydrogen-bond acceptors (Lipinski definition) is 2. The molecule has 0 saturated carbocycles. The predicted octanol–water partition coefficient (Wildman–Crippen LogP) is 2.09. The highest BCUT2D eigenvalue weighted by Gasteiger charge is 2.24. The van der Waals surface area contributed by atoms with Crippen LogP contribution in [0.3, 0.4) is 0 Å². The van der Waals surface area contributed by atoms with Crippen molar-refractivity contribution in [2.75, 3.05) is 0 Å². The lowest BCUT2D eigenvalue weighted by Crippen LogP contribution is -2.24. The third-order valence-corrected chi connectivity index (χ3v) is 1.71. The summed E-state index contributed by atoms with van der Waals surface area (Å²) in [4.78, 5) is 10.3. The van der Waals surface area contributed by atoms with Gasteiger partial charge in [-0.2, -0.15) is 8.78 Å². The van der Waals surface area contributed by atoms with Crippen molar-refractivity contribution in [3.05, 3.63) is 29.3 Å². The average molecular weight is 238 g/mol. The fraction of sp³-hybridized carbons (Fsp3) is 0.222. The molecule has 0 saturated heterocycles. The molecule has 0 aliphatic heterocycles. The molecule has 0 spiro atoms. The van der Waals surface area contributed by atoms with Crippen molar-refractivity contribution in [2.24, 2.45) is 0 Å². The Bertz CT molecular complexity index is 407. The third-order valence-electron chi connectivity index (χ3n) is 1.71. The maximum Gasteiger partial charge on any atom is 0.344 e. The fourth-order valence-electron chi connectivity index (χ4n) is 0.882. The van der Waals surface area contributed by atoms with Crippen molar-refractivity contribution >= 4 is 5.97 Å².